The fraction of sp³-hybridized carbons (Fsp3) is 0.531. The molecule has 2 aromatic carbocycles. The summed E-state index contributed by atoms with van der Waals surface area (Å²) in [6.45, 7) is 11.2. The normalized spacial score (nSPS) is 13.4. The maximum Gasteiger partial charge on any atom is 0.310 e. The molecule has 0 saturated carbocycles. The van der Waals surface area contributed by atoms with E-state index in [1.807, 2.05) is 42.5 Å². The minimum absolute atomic E-state index is 0.148. The molecule has 3 unspecified atom stereocenters. The van der Waals surface area contributed by atoms with Gasteiger partial charge >= 0.3 is 17.9 Å². The van der Waals surface area contributed by atoms with Crippen molar-refractivity contribution >= 4 is 17.9 Å². The molecule has 214 valence electrons. The zero-order valence-electron chi connectivity index (χ0n) is 24.2. The van der Waals surface area contributed by atoms with Crippen molar-refractivity contribution in [1.29, 1.82) is 0 Å². The number of esters is 3. The predicted octanol–water partition coefficient (Wildman–Crippen LogP) is 6.63. The number of hydrogen-bond acceptors (Lipinski definition) is 7. The summed E-state index contributed by atoms with van der Waals surface area (Å²) in [5.41, 5.74) is 2.31. The van der Waals surface area contributed by atoms with Gasteiger partial charge in [0.1, 0.15) is 5.75 Å². The molecule has 0 bridgehead atoms. The lowest BCUT2D eigenvalue weighted by molar-refractivity contribution is -0.166. The molecule has 0 N–H and O–H groups in total. The third-order valence-corrected chi connectivity index (χ3v) is 6.25. The van der Waals surface area contributed by atoms with E-state index in [4.69, 9.17) is 18.9 Å². The number of unbranched alkanes of at least 4 members (excludes halogenated alkanes) is 2. The second kappa shape index (κ2) is 16.6. The van der Waals surface area contributed by atoms with Gasteiger partial charge in [-0.2, -0.15) is 0 Å². The van der Waals surface area contributed by atoms with Gasteiger partial charge in [0.25, 0.3) is 0 Å². The second-order valence-electron chi connectivity index (χ2n) is 10.5. The Morgan fingerprint density at radius 1 is 0.641 bits per heavy atom. The quantitative estimate of drug-likeness (QED) is 0.134. The number of rotatable bonds is 16. The average molecular weight is 541 g/mol. The zero-order chi connectivity index (χ0) is 28.8. The van der Waals surface area contributed by atoms with Crippen molar-refractivity contribution in [1.82, 2.24) is 0 Å². The van der Waals surface area contributed by atoms with Crippen LogP contribution in [0, 0.1) is 17.8 Å². The molecule has 3 atom stereocenters. The SMILES string of the molecule is CC(C)OC(=O)C(C)C(CC(C)C(=O)OCCCCCOc1ccc(-c2ccccc2)cc1)C(=O)OC(C)C. The van der Waals surface area contributed by atoms with Crippen molar-refractivity contribution in [3.63, 3.8) is 0 Å². The van der Waals surface area contributed by atoms with Crippen LogP contribution in [-0.2, 0) is 28.6 Å². The third-order valence-electron chi connectivity index (χ3n) is 6.25. The van der Waals surface area contributed by atoms with Crippen LogP contribution in [-0.4, -0.2) is 43.3 Å². The van der Waals surface area contributed by atoms with E-state index in [0.29, 0.717) is 19.6 Å². The molecule has 7 heteroatoms. The molecule has 0 spiro atoms. The molecule has 0 aliphatic rings. The monoisotopic (exact) mass is 540 g/mol. The van der Waals surface area contributed by atoms with Gasteiger partial charge in [-0.25, -0.2) is 0 Å². The number of carbonyl (C=O) groups excluding carboxylic acids is 3. The van der Waals surface area contributed by atoms with Crippen LogP contribution in [0.25, 0.3) is 11.1 Å². The van der Waals surface area contributed by atoms with E-state index in [9.17, 15) is 14.4 Å². The molecule has 0 aliphatic heterocycles. The van der Waals surface area contributed by atoms with Gasteiger partial charge in [-0.3, -0.25) is 14.4 Å². The standard InChI is InChI=1S/C32H44O7/c1-22(2)38-31(34)25(6)29(32(35)39-23(3)4)21-24(5)30(33)37-20-12-8-11-19-36-28-17-15-27(16-18-28)26-13-9-7-10-14-26/h7,9-10,13-18,22-25,29H,8,11-12,19-21H2,1-6H3. The Morgan fingerprint density at radius 2 is 1.21 bits per heavy atom. The number of carbonyl (C=O) groups is 3. The van der Waals surface area contributed by atoms with Crippen molar-refractivity contribution in [2.24, 2.45) is 17.8 Å². The molecular weight excluding hydrogens is 496 g/mol. The predicted molar refractivity (Wildman–Crippen MR) is 151 cm³/mol. The first-order valence-electron chi connectivity index (χ1n) is 13.9. The minimum atomic E-state index is -0.792. The molecular formula is C32H44O7. The van der Waals surface area contributed by atoms with E-state index in [-0.39, 0.29) is 18.6 Å². The highest BCUT2D eigenvalue weighted by atomic mass is 16.6. The Hall–Kier alpha value is -3.35. The Kier molecular flexibility index (Phi) is 13.5. The van der Waals surface area contributed by atoms with Gasteiger partial charge < -0.3 is 18.9 Å². The lowest BCUT2D eigenvalue weighted by atomic mass is 9.85. The van der Waals surface area contributed by atoms with Crippen molar-refractivity contribution in [3.05, 3.63) is 54.6 Å². The van der Waals surface area contributed by atoms with Crippen LogP contribution in [0.15, 0.2) is 54.6 Å². The van der Waals surface area contributed by atoms with Crippen LogP contribution in [0.4, 0.5) is 0 Å². The Bertz CT molecular complexity index is 1010. The lowest BCUT2D eigenvalue weighted by Gasteiger charge is -2.25. The smallest absolute Gasteiger partial charge is 0.310 e. The highest BCUT2D eigenvalue weighted by molar-refractivity contribution is 5.83. The summed E-state index contributed by atoms with van der Waals surface area (Å²) in [4.78, 5) is 37.7. The summed E-state index contributed by atoms with van der Waals surface area (Å²) >= 11 is 0. The molecule has 0 aromatic heterocycles. The van der Waals surface area contributed by atoms with Crippen LogP contribution in [0.2, 0.25) is 0 Å². The van der Waals surface area contributed by atoms with E-state index < -0.39 is 35.7 Å². The summed E-state index contributed by atoms with van der Waals surface area (Å²) in [5, 5.41) is 0. The van der Waals surface area contributed by atoms with E-state index >= 15 is 0 Å². The first kappa shape index (κ1) is 31.9. The van der Waals surface area contributed by atoms with Gasteiger partial charge in [0.05, 0.1) is 43.2 Å². The first-order valence-corrected chi connectivity index (χ1v) is 13.9. The number of hydrogen-bond donors (Lipinski definition) is 0. The number of ether oxygens (including phenoxy) is 4. The van der Waals surface area contributed by atoms with Crippen LogP contribution < -0.4 is 4.74 Å². The van der Waals surface area contributed by atoms with Crippen LogP contribution in [0.1, 0.15) is 67.2 Å². The maximum atomic E-state index is 12.7. The average Bonchev–Trinajstić information content (AvgIpc) is 2.90. The third kappa shape index (κ3) is 11.5. The highest BCUT2D eigenvalue weighted by Gasteiger charge is 2.36. The summed E-state index contributed by atoms with van der Waals surface area (Å²) in [6.07, 6.45) is 1.93. The van der Waals surface area contributed by atoms with Crippen molar-refractivity contribution in [3.8, 4) is 16.9 Å². The van der Waals surface area contributed by atoms with Crippen LogP contribution in [0.3, 0.4) is 0 Å². The molecule has 7 nitrogen and oxygen atoms in total. The van der Waals surface area contributed by atoms with Gasteiger partial charge in [-0.1, -0.05) is 56.3 Å². The lowest BCUT2D eigenvalue weighted by Crippen LogP contribution is -2.35. The van der Waals surface area contributed by atoms with Gasteiger partial charge in [0.2, 0.25) is 0 Å². The summed E-state index contributed by atoms with van der Waals surface area (Å²) < 4.78 is 21.9. The van der Waals surface area contributed by atoms with Gasteiger partial charge in [-0.15, -0.1) is 0 Å². The molecule has 39 heavy (non-hydrogen) atoms. The molecule has 0 amide bonds. The first-order chi connectivity index (χ1) is 18.6. The maximum absolute atomic E-state index is 12.7. The Labute approximate surface area is 233 Å². The van der Waals surface area contributed by atoms with E-state index in [1.54, 1.807) is 41.5 Å². The second-order valence-corrected chi connectivity index (χ2v) is 10.5. The molecule has 0 heterocycles. The molecule has 2 aromatic rings. The summed E-state index contributed by atoms with van der Waals surface area (Å²) in [5.74, 6) is -2.64. The largest absolute Gasteiger partial charge is 0.494 e. The summed E-state index contributed by atoms with van der Waals surface area (Å²) in [7, 11) is 0. The van der Waals surface area contributed by atoms with Gasteiger partial charge in [-0.05, 0) is 76.6 Å². The minimum Gasteiger partial charge on any atom is -0.494 e. The van der Waals surface area contributed by atoms with Crippen molar-refractivity contribution < 1.29 is 33.3 Å². The van der Waals surface area contributed by atoms with Crippen molar-refractivity contribution in [2.45, 2.75) is 79.4 Å². The van der Waals surface area contributed by atoms with E-state index in [1.165, 1.54) is 5.56 Å². The van der Waals surface area contributed by atoms with Gasteiger partial charge in [0.15, 0.2) is 0 Å². The molecule has 0 aliphatic carbocycles. The number of benzene rings is 2. The highest BCUT2D eigenvalue weighted by Crippen LogP contribution is 2.26. The Morgan fingerprint density at radius 3 is 1.82 bits per heavy atom. The van der Waals surface area contributed by atoms with Crippen LogP contribution >= 0.6 is 0 Å². The topological polar surface area (TPSA) is 88.1 Å². The van der Waals surface area contributed by atoms with E-state index in [2.05, 4.69) is 12.1 Å². The van der Waals surface area contributed by atoms with E-state index in [0.717, 1.165) is 24.2 Å². The Balaban J connectivity index is 1.71. The fourth-order valence-electron chi connectivity index (χ4n) is 4.07. The van der Waals surface area contributed by atoms with Crippen LogP contribution in [0.5, 0.6) is 5.75 Å². The molecule has 0 fully saturated rings. The molecule has 0 radical (unpaired) electrons. The van der Waals surface area contributed by atoms with Crippen molar-refractivity contribution in [2.75, 3.05) is 13.2 Å². The summed E-state index contributed by atoms with van der Waals surface area (Å²) in [6, 6.07) is 18.2. The zero-order valence-corrected chi connectivity index (χ0v) is 24.2. The molecule has 2 rings (SSSR count). The fourth-order valence-corrected chi connectivity index (χ4v) is 4.07. The van der Waals surface area contributed by atoms with Gasteiger partial charge in [0, 0.05) is 0 Å². The molecule has 0 saturated heterocycles.